The highest BCUT2D eigenvalue weighted by atomic mass is 32.2. The van der Waals surface area contributed by atoms with Crippen molar-refractivity contribution in [2.75, 3.05) is 18.7 Å². The summed E-state index contributed by atoms with van der Waals surface area (Å²) < 4.78 is 5.13. The first-order valence-corrected chi connectivity index (χ1v) is 9.59. The van der Waals surface area contributed by atoms with E-state index in [0.29, 0.717) is 17.1 Å². The molecule has 3 N–H and O–H groups in total. The number of carbonyl (C=O) groups excluding carboxylic acids is 2. The van der Waals surface area contributed by atoms with E-state index in [9.17, 15) is 9.59 Å². The number of hydrogen-bond donors (Lipinski definition) is 3. The standard InChI is InChI=1S/C20H21N3O3S/c1-12-17(19(24)22-14-6-8-15(26-2)9-7-14)18(23-20(25)21-12)13-4-10-16(27-3)11-5-13/h4-11,17-18H,1H2,2-3H3,(H,22,24)(H2,21,23,25)/t17-,18-/m1/s1. The van der Waals surface area contributed by atoms with Gasteiger partial charge < -0.3 is 20.7 Å². The Hall–Kier alpha value is -2.93. The average molecular weight is 383 g/mol. The summed E-state index contributed by atoms with van der Waals surface area (Å²) in [5, 5.41) is 8.32. The van der Waals surface area contributed by atoms with Gasteiger partial charge in [0, 0.05) is 16.3 Å². The molecule has 0 spiro atoms. The fourth-order valence-electron chi connectivity index (χ4n) is 2.98. The monoisotopic (exact) mass is 383 g/mol. The third-order valence-corrected chi connectivity index (χ3v) is 5.13. The van der Waals surface area contributed by atoms with E-state index in [0.717, 1.165) is 10.5 Å². The molecule has 7 heteroatoms. The number of anilines is 1. The summed E-state index contributed by atoms with van der Waals surface area (Å²) in [4.78, 5) is 26.0. The van der Waals surface area contributed by atoms with Crippen LogP contribution in [0, 0.1) is 5.92 Å². The molecule has 0 unspecified atom stereocenters. The maximum atomic E-state index is 12.9. The number of urea groups is 1. The predicted octanol–water partition coefficient (Wildman–Crippen LogP) is 3.54. The molecule has 0 saturated carbocycles. The zero-order valence-corrected chi connectivity index (χ0v) is 15.9. The quantitative estimate of drug-likeness (QED) is 0.690. The number of rotatable bonds is 5. The largest absolute Gasteiger partial charge is 0.497 e. The molecule has 0 aromatic heterocycles. The van der Waals surface area contributed by atoms with E-state index in [4.69, 9.17) is 4.74 Å². The minimum atomic E-state index is -0.648. The zero-order valence-electron chi connectivity index (χ0n) is 15.1. The number of hydrogen-bond acceptors (Lipinski definition) is 4. The van der Waals surface area contributed by atoms with Crippen molar-refractivity contribution in [3.8, 4) is 5.75 Å². The summed E-state index contributed by atoms with van der Waals surface area (Å²) in [6.07, 6.45) is 1.99. The molecule has 6 nitrogen and oxygen atoms in total. The van der Waals surface area contributed by atoms with Crippen molar-refractivity contribution in [1.29, 1.82) is 0 Å². The van der Waals surface area contributed by atoms with Gasteiger partial charge in [0.1, 0.15) is 11.7 Å². The molecule has 1 fully saturated rings. The van der Waals surface area contributed by atoms with Crippen LogP contribution >= 0.6 is 11.8 Å². The number of methoxy groups -OCH3 is 1. The molecule has 3 amide bonds. The van der Waals surface area contributed by atoms with Crippen LogP contribution in [0.4, 0.5) is 10.5 Å². The molecule has 1 aliphatic heterocycles. The topological polar surface area (TPSA) is 79.5 Å². The molecular weight excluding hydrogens is 362 g/mol. The van der Waals surface area contributed by atoms with Gasteiger partial charge in [-0.05, 0) is 48.2 Å². The predicted molar refractivity (Wildman–Crippen MR) is 107 cm³/mol. The van der Waals surface area contributed by atoms with Gasteiger partial charge in [-0.15, -0.1) is 11.8 Å². The van der Waals surface area contributed by atoms with Crippen LogP contribution in [0.25, 0.3) is 0 Å². The Kier molecular flexibility index (Phi) is 5.71. The van der Waals surface area contributed by atoms with Crippen LogP contribution in [0.3, 0.4) is 0 Å². The third-order valence-electron chi connectivity index (χ3n) is 4.38. The Morgan fingerprint density at radius 3 is 2.41 bits per heavy atom. The number of benzene rings is 2. The highest BCUT2D eigenvalue weighted by Crippen LogP contribution is 2.31. The van der Waals surface area contributed by atoms with E-state index in [-0.39, 0.29) is 11.9 Å². The first-order chi connectivity index (χ1) is 13.0. The van der Waals surface area contributed by atoms with E-state index in [1.165, 1.54) is 0 Å². The second kappa shape index (κ2) is 8.18. The summed E-state index contributed by atoms with van der Waals surface area (Å²) in [6, 6.07) is 14.0. The lowest BCUT2D eigenvalue weighted by Crippen LogP contribution is -2.51. The van der Waals surface area contributed by atoms with Crippen molar-refractivity contribution in [2.45, 2.75) is 10.9 Å². The maximum Gasteiger partial charge on any atom is 0.319 e. The van der Waals surface area contributed by atoms with Crippen LogP contribution in [0.1, 0.15) is 11.6 Å². The molecule has 2 aromatic carbocycles. The van der Waals surface area contributed by atoms with Crippen molar-refractivity contribution in [3.63, 3.8) is 0 Å². The Balaban J connectivity index is 1.84. The fraction of sp³-hybridized carbons (Fsp3) is 0.200. The highest BCUT2D eigenvalue weighted by molar-refractivity contribution is 7.98. The van der Waals surface area contributed by atoms with Gasteiger partial charge in [-0.2, -0.15) is 0 Å². The first-order valence-electron chi connectivity index (χ1n) is 8.37. The fourth-order valence-corrected chi connectivity index (χ4v) is 3.38. The van der Waals surface area contributed by atoms with Crippen LogP contribution in [-0.4, -0.2) is 25.3 Å². The normalized spacial score (nSPS) is 19.0. The molecule has 3 rings (SSSR count). The van der Waals surface area contributed by atoms with E-state index in [2.05, 4.69) is 22.5 Å². The van der Waals surface area contributed by atoms with E-state index in [1.807, 2.05) is 30.5 Å². The van der Waals surface area contributed by atoms with Crippen LogP contribution in [0.5, 0.6) is 5.75 Å². The summed E-state index contributed by atoms with van der Waals surface area (Å²) in [7, 11) is 1.58. The maximum absolute atomic E-state index is 12.9. The Morgan fingerprint density at radius 1 is 1.15 bits per heavy atom. The molecule has 1 saturated heterocycles. The third kappa shape index (κ3) is 4.25. The molecular formula is C20H21N3O3S. The van der Waals surface area contributed by atoms with E-state index >= 15 is 0 Å². The van der Waals surface area contributed by atoms with Crippen molar-refractivity contribution in [1.82, 2.24) is 10.6 Å². The molecule has 140 valence electrons. The Bertz CT molecular complexity index is 850. The molecule has 2 atom stereocenters. The van der Waals surface area contributed by atoms with Crippen molar-refractivity contribution < 1.29 is 14.3 Å². The average Bonchev–Trinajstić information content (AvgIpc) is 2.68. The highest BCUT2D eigenvalue weighted by Gasteiger charge is 2.37. The van der Waals surface area contributed by atoms with Crippen molar-refractivity contribution in [3.05, 3.63) is 66.4 Å². The van der Waals surface area contributed by atoms with Crippen molar-refractivity contribution in [2.24, 2.45) is 5.92 Å². The van der Waals surface area contributed by atoms with E-state index in [1.54, 1.807) is 43.1 Å². The van der Waals surface area contributed by atoms with Gasteiger partial charge in [-0.25, -0.2) is 4.79 Å². The number of amides is 3. The smallest absolute Gasteiger partial charge is 0.319 e. The van der Waals surface area contributed by atoms with Gasteiger partial charge in [-0.1, -0.05) is 18.7 Å². The van der Waals surface area contributed by atoms with Gasteiger partial charge >= 0.3 is 6.03 Å². The van der Waals surface area contributed by atoms with Gasteiger partial charge in [0.15, 0.2) is 0 Å². The number of thioether (sulfide) groups is 1. The molecule has 0 aliphatic carbocycles. The molecule has 0 radical (unpaired) electrons. The number of nitrogens with one attached hydrogen (secondary N) is 3. The lowest BCUT2D eigenvalue weighted by molar-refractivity contribution is -0.119. The second-order valence-corrected chi connectivity index (χ2v) is 6.95. The lowest BCUT2D eigenvalue weighted by atomic mass is 9.88. The first kappa shape index (κ1) is 18.8. The lowest BCUT2D eigenvalue weighted by Gasteiger charge is -2.34. The van der Waals surface area contributed by atoms with Crippen LogP contribution in [0.15, 0.2) is 65.7 Å². The van der Waals surface area contributed by atoms with Gasteiger partial charge in [-0.3, -0.25) is 4.79 Å². The Labute approximate surface area is 162 Å². The minimum absolute atomic E-state index is 0.253. The molecule has 27 heavy (non-hydrogen) atoms. The number of carbonyl (C=O) groups is 2. The zero-order chi connectivity index (χ0) is 19.4. The molecule has 1 heterocycles. The van der Waals surface area contributed by atoms with Gasteiger partial charge in [0.2, 0.25) is 5.91 Å². The number of ether oxygens (including phenoxy) is 1. The van der Waals surface area contributed by atoms with E-state index < -0.39 is 12.0 Å². The van der Waals surface area contributed by atoms with Crippen LogP contribution in [0.2, 0.25) is 0 Å². The summed E-state index contributed by atoms with van der Waals surface area (Å²) in [5.41, 5.74) is 1.85. The summed E-state index contributed by atoms with van der Waals surface area (Å²) in [6.45, 7) is 3.89. The SMILES string of the molecule is C=C1NC(=O)N[C@H](c2ccc(SC)cc2)[C@@H]1C(=O)Nc1ccc(OC)cc1. The van der Waals surface area contributed by atoms with Crippen LogP contribution in [-0.2, 0) is 4.79 Å². The van der Waals surface area contributed by atoms with Gasteiger partial charge in [0.25, 0.3) is 0 Å². The second-order valence-electron chi connectivity index (χ2n) is 6.07. The molecule has 0 bridgehead atoms. The summed E-state index contributed by atoms with van der Waals surface area (Å²) >= 11 is 1.63. The Morgan fingerprint density at radius 2 is 1.81 bits per heavy atom. The van der Waals surface area contributed by atoms with Gasteiger partial charge in [0.05, 0.1) is 13.2 Å². The van der Waals surface area contributed by atoms with Crippen molar-refractivity contribution >= 4 is 29.4 Å². The molecule has 2 aromatic rings. The molecule has 1 aliphatic rings. The van der Waals surface area contributed by atoms with Crippen LogP contribution < -0.4 is 20.7 Å². The summed E-state index contributed by atoms with van der Waals surface area (Å²) in [5.74, 6) is -0.197. The minimum Gasteiger partial charge on any atom is -0.497 e.